The van der Waals surface area contributed by atoms with Gasteiger partial charge in [0.2, 0.25) is 5.24 Å². The van der Waals surface area contributed by atoms with Crippen LogP contribution in [0.2, 0.25) is 0 Å². The van der Waals surface area contributed by atoms with E-state index in [9.17, 15) is 9.18 Å². The summed E-state index contributed by atoms with van der Waals surface area (Å²) in [7, 11) is 0. The lowest BCUT2D eigenvalue weighted by Gasteiger charge is -2.08. The normalized spacial score (nSPS) is 18.3. The quantitative estimate of drug-likeness (QED) is 0.682. The van der Waals surface area contributed by atoms with Gasteiger partial charge in [-0.05, 0) is 36.6 Å². The average molecular weight is 200 g/mol. The molecule has 1 aromatic rings. The standard InChI is InChI=1S/C9H7ClFNO/c10-8(13)9(3-4-9)7-6(11)2-1-5-12-7/h1-2,5H,3-4H2. The first-order valence-corrected chi connectivity index (χ1v) is 4.35. The van der Waals surface area contributed by atoms with Gasteiger partial charge < -0.3 is 0 Å². The minimum Gasteiger partial charge on any atom is -0.280 e. The van der Waals surface area contributed by atoms with E-state index in [0.717, 1.165) is 0 Å². The molecule has 0 amide bonds. The van der Waals surface area contributed by atoms with Crippen molar-refractivity contribution < 1.29 is 9.18 Å². The predicted molar refractivity (Wildman–Crippen MR) is 46.0 cm³/mol. The van der Waals surface area contributed by atoms with Gasteiger partial charge in [-0.15, -0.1) is 0 Å². The molecular weight excluding hydrogens is 193 g/mol. The van der Waals surface area contributed by atoms with Crippen LogP contribution in [0.15, 0.2) is 18.3 Å². The maximum atomic E-state index is 13.2. The maximum absolute atomic E-state index is 13.2. The van der Waals surface area contributed by atoms with Gasteiger partial charge in [-0.1, -0.05) is 0 Å². The Morgan fingerprint density at radius 2 is 2.31 bits per heavy atom. The second-order valence-electron chi connectivity index (χ2n) is 3.19. The summed E-state index contributed by atoms with van der Waals surface area (Å²) < 4.78 is 13.2. The molecule has 1 saturated carbocycles. The average Bonchev–Trinajstić information content (AvgIpc) is 2.85. The Hall–Kier alpha value is -0.960. The minimum absolute atomic E-state index is 0.190. The highest BCUT2D eigenvalue weighted by Gasteiger charge is 2.53. The van der Waals surface area contributed by atoms with E-state index >= 15 is 0 Å². The summed E-state index contributed by atoms with van der Waals surface area (Å²) >= 11 is 5.39. The smallest absolute Gasteiger partial charge is 0.233 e. The van der Waals surface area contributed by atoms with Crippen molar-refractivity contribution in [2.24, 2.45) is 0 Å². The van der Waals surface area contributed by atoms with Crippen molar-refractivity contribution >= 4 is 16.8 Å². The summed E-state index contributed by atoms with van der Waals surface area (Å²) in [5, 5.41) is -0.509. The van der Waals surface area contributed by atoms with Gasteiger partial charge in [0, 0.05) is 6.20 Å². The lowest BCUT2D eigenvalue weighted by Crippen LogP contribution is -2.18. The van der Waals surface area contributed by atoms with Crippen molar-refractivity contribution in [2.75, 3.05) is 0 Å². The Balaban J connectivity index is 2.47. The zero-order chi connectivity index (χ0) is 9.47. The number of halogens is 2. The van der Waals surface area contributed by atoms with Gasteiger partial charge in [-0.3, -0.25) is 9.78 Å². The predicted octanol–water partition coefficient (Wildman–Crippen LogP) is 2.02. The van der Waals surface area contributed by atoms with Gasteiger partial charge in [0.25, 0.3) is 0 Å². The summed E-state index contributed by atoms with van der Waals surface area (Å²) in [5.41, 5.74) is -0.637. The molecule has 68 valence electrons. The molecule has 1 aliphatic rings. The van der Waals surface area contributed by atoms with E-state index in [2.05, 4.69) is 4.98 Å². The third kappa shape index (κ3) is 1.23. The lowest BCUT2D eigenvalue weighted by atomic mass is 10.0. The molecule has 1 fully saturated rings. The molecule has 13 heavy (non-hydrogen) atoms. The number of pyridine rings is 1. The highest BCUT2D eigenvalue weighted by Crippen LogP contribution is 2.49. The summed E-state index contributed by atoms with van der Waals surface area (Å²) in [6.07, 6.45) is 2.67. The second-order valence-corrected chi connectivity index (χ2v) is 3.53. The molecule has 0 saturated heterocycles. The van der Waals surface area contributed by atoms with Crippen molar-refractivity contribution in [3.63, 3.8) is 0 Å². The van der Waals surface area contributed by atoms with E-state index in [1.807, 2.05) is 0 Å². The van der Waals surface area contributed by atoms with Crippen LogP contribution >= 0.6 is 11.6 Å². The van der Waals surface area contributed by atoms with Gasteiger partial charge in [0.1, 0.15) is 5.82 Å². The van der Waals surface area contributed by atoms with Crippen LogP contribution in [0.25, 0.3) is 0 Å². The van der Waals surface area contributed by atoms with E-state index in [4.69, 9.17) is 11.6 Å². The van der Waals surface area contributed by atoms with Crippen LogP contribution in [0.3, 0.4) is 0 Å². The molecule has 2 rings (SSSR count). The van der Waals surface area contributed by atoms with E-state index in [0.29, 0.717) is 12.8 Å². The Kier molecular flexibility index (Phi) is 1.84. The molecule has 0 radical (unpaired) electrons. The molecule has 2 nitrogen and oxygen atoms in total. The van der Waals surface area contributed by atoms with Crippen molar-refractivity contribution in [2.45, 2.75) is 18.3 Å². The molecule has 0 bridgehead atoms. The Morgan fingerprint density at radius 1 is 1.62 bits per heavy atom. The van der Waals surface area contributed by atoms with Crippen LogP contribution in [0.4, 0.5) is 4.39 Å². The summed E-state index contributed by atoms with van der Waals surface area (Å²) in [5.74, 6) is -0.450. The Labute approximate surface area is 79.7 Å². The summed E-state index contributed by atoms with van der Waals surface area (Å²) in [6, 6.07) is 2.79. The first kappa shape index (κ1) is 8.63. The topological polar surface area (TPSA) is 30.0 Å². The van der Waals surface area contributed by atoms with E-state index in [1.54, 1.807) is 0 Å². The molecule has 1 aliphatic carbocycles. The highest BCUT2D eigenvalue weighted by atomic mass is 35.5. The SMILES string of the molecule is O=C(Cl)C1(c2ncccc2F)CC1. The van der Waals surface area contributed by atoms with Gasteiger partial charge >= 0.3 is 0 Å². The number of carbonyl (C=O) groups excluding carboxylic acids is 1. The second kappa shape index (κ2) is 2.77. The number of hydrogen-bond acceptors (Lipinski definition) is 2. The number of nitrogens with zero attached hydrogens (tertiary/aromatic N) is 1. The minimum atomic E-state index is -0.826. The molecule has 0 spiro atoms. The van der Waals surface area contributed by atoms with Gasteiger partial charge in [0.15, 0.2) is 0 Å². The Morgan fingerprint density at radius 3 is 2.77 bits per heavy atom. The zero-order valence-corrected chi connectivity index (χ0v) is 7.51. The largest absolute Gasteiger partial charge is 0.280 e. The van der Waals surface area contributed by atoms with Crippen LogP contribution < -0.4 is 0 Å². The van der Waals surface area contributed by atoms with Crippen LogP contribution in [-0.2, 0) is 10.2 Å². The highest BCUT2D eigenvalue weighted by molar-refractivity contribution is 6.66. The van der Waals surface area contributed by atoms with E-state index in [1.165, 1.54) is 18.3 Å². The molecule has 0 N–H and O–H groups in total. The fraction of sp³-hybridized carbons (Fsp3) is 0.333. The molecule has 0 aromatic carbocycles. The number of rotatable bonds is 2. The van der Waals surface area contributed by atoms with Crippen molar-refractivity contribution in [1.82, 2.24) is 4.98 Å². The molecule has 0 atom stereocenters. The van der Waals surface area contributed by atoms with Crippen molar-refractivity contribution in [3.8, 4) is 0 Å². The fourth-order valence-corrected chi connectivity index (χ4v) is 1.67. The molecule has 4 heteroatoms. The van der Waals surface area contributed by atoms with E-state index in [-0.39, 0.29) is 5.69 Å². The number of hydrogen-bond donors (Lipinski definition) is 0. The summed E-state index contributed by atoms with van der Waals surface area (Å²) in [6.45, 7) is 0. The molecule has 1 aromatic heterocycles. The number of carbonyl (C=O) groups is 1. The first-order chi connectivity index (χ1) is 6.17. The third-order valence-corrected chi connectivity index (χ3v) is 2.70. The molecule has 0 unspecified atom stereocenters. The number of aromatic nitrogens is 1. The van der Waals surface area contributed by atoms with Gasteiger partial charge in [0.05, 0.1) is 11.1 Å². The first-order valence-electron chi connectivity index (χ1n) is 3.98. The van der Waals surface area contributed by atoms with Gasteiger partial charge in [-0.2, -0.15) is 0 Å². The van der Waals surface area contributed by atoms with E-state index < -0.39 is 16.5 Å². The van der Waals surface area contributed by atoms with Crippen LogP contribution in [0, 0.1) is 5.82 Å². The lowest BCUT2D eigenvalue weighted by molar-refractivity contribution is -0.114. The van der Waals surface area contributed by atoms with Crippen LogP contribution in [0.1, 0.15) is 18.5 Å². The summed E-state index contributed by atoms with van der Waals surface area (Å²) in [4.78, 5) is 14.9. The molecular formula is C9H7ClFNO. The zero-order valence-electron chi connectivity index (χ0n) is 6.76. The van der Waals surface area contributed by atoms with Crippen LogP contribution in [0.5, 0.6) is 0 Å². The fourth-order valence-electron chi connectivity index (χ4n) is 1.39. The monoisotopic (exact) mass is 199 g/mol. The maximum Gasteiger partial charge on any atom is 0.233 e. The van der Waals surface area contributed by atoms with Crippen molar-refractivity contribution in [3.05, 3.63) is 29.8 Å². The van der Waals surface area contributed by atoms with Crippen molar-refractivity contribution in [1.29, 1.82) is 0 Å². The molecule has 1 heterocycles. The Bertz CT molecular complexity index is 362. The molecule has 0 aliphatic heterocycles. The van der Waals surface area contributed by atoms with Crippen LogP contribution in [-0.4, -0.2) is 10.2 Å². The third-order valence-electron chi connectivity index (χ3n) is 2.34. The van der Waals surface area contributed by atoms with Gasteiger partial charge in [-0.25, -0.2) is 4.39 Å².